The van der Waals surface area contributed by atoms with Gasteiger partial charge < -0.3 is 10.1 Å². The SMILES string of the molecule is COCC(Cc1ccccc1)NC(=O)Cn1cc(C)c(=O)[nH]c1=O. The van der Waals surface area contributed by atoms with Crippen molar-refractivity contribution in [3.05, 3.63) is 68.5 Å². The number of ether oxygens (including phenoxy) is 1. The highest BCUT2D eigenvalue weighted by atomic mass is 16.5. The highest BCUT2D eigenvalue weighted by Crippen LogP contribution is 2.03. The maximum atomic E-state index is 12.2. The number of aromatic amines is 1. The van der Waals surface area contributed by atoms with Crippen molar-refractivity contribution in [2.24, 2.45) is 0 Å². The zero-order chi connectivity index (χ0) is 17.5. The van der Waals surface area contributed by atoms with Crippen molar-refractivity contribution in [3.8, 4) is 0 Å². The van der Waals surface area contributed by atoms with Crippen LogP contribution in [0.3, 0.4) is 0 Å². The lowest BCUT2D eigenvalue weighted by Gasteiger charge is -2.18. The van der Waals surface area contributed by atoms with E-state index in [4.69, 9.17) is 4.74 Å². The molecule has 0 bridgehead atoms. The first-order valence-electron chi connectivity index (χ1n) is 7.62. The second kappa shape index (κ2) is 8.26. The number of carbonyl (C=O) groups excluding carboxylic acids is 1. The van der Waals surface area contributed by atoms with Gasteiger partial charge in [0.1, 0.15) is 6.54 Å². The van der Waals surface area contributed by atoms with Crippen LogP contribution in [0.25, 0.3) is 0 Å². The van der Waals surface area contributed by atoms with Crippen LogP contribution in [0, 0.1) is 6.92 Å². The second-order valence-electron chi connectivity index (χ2n) is 5.61. The summed E-state index contributed by atoms with van der Waals surface area (Å²) >= 11 is 0. The fraction of sp³-hybridized carbons (Fsp3) is 0.353. The van der Waals surface area contributed by atoms with Gasteiger partial charge in [-0.25, -0.2) is 4.79 Å². The summed E-state index contributed by atoms with van der Waals surface area (Å²) in [7, 11) is 1.57. The van der Waals surface area contributed by atoms with E-state index in [0.717, 1.165) is 5.56 Å². The molecule has 0 saturated carbocycles. The monoisotopic (exact) mass is 331 g/mol. The molecule has 0 fully saturated rings. The Kier molecular flexibility index (Phi) is 6.08. The number of benzene rings is 1. The van der Waals surface area contributed by atoms with E-state index in [1.807, 2.05) is 30.3 Å². The third-order valence-corrected chi connectivity index (χ3v) is 3.56. The van der Waals surface area contributed by atoms with Crippen molar-refractivity contribution in [1.82, 2.24) is 14.9 Å². The van der Waals surface area contributed by atoms with Crippen molar-refractivity contribution < 1.29 is 9.53 Å². The van der Waals surface area contributed by atoms with Crippen LogP contribution in [-0.4, -0.2) is 35.2 Å². The average molecular weight is 331 g/mol. The largest absolute Gasteiger partial charge is 0.383 e. The summed E-state index contributed by atoms with van der Waals surface area (Å²) in [4.78, 5) is 37.5. The molecule has 0 aliphatic carbocycles. The van der Waals surface area contributed by atoms with Crippen LogP contribution < -0.4 is 16.6 Å². The molecule has 0 radical (unpaired) electrons. The smallest absolute Gasteiger partial charge is 0.328 e. The number of carbonyl (C=O) groups is 1. The molecule has 24 heavy (non-hydrogen) atoms. The Hall–Kier alpha value is -2.67. The van der Waals surface area contributed by atoms with Gasteiger partial charge in [0.2, 0.25) is 5.91 Å². The number of hydrogen-bond acceptors (Lipinski definition) is 4. The van der Waals surface area contributed by atoms with Crippen LogP contribution in [0.1, 0.15) is 11.1 Å². The van der Waals surface area contributed by atoms with Crippen LogP contribution in [0.2, 0.25) is 0 Å². The number of methoxy groups -OCH3 is 1. The summed E-state index contributed by atoms with van der Waals surface area (Å²) in [5.74, 6) is -0.318. The summed E-state index contributed by atoms with van der Waals surface area (Å²) < 4.78 is 6.33. The molecular weight excluding hydrogens is 310 g/mol. The third kappa shape index (κ3) is 4.92. The van der Waals surface area contributed by atoms with Gasteiger partial charge in [0, 0.05) is 18.9 Å². The van der Waals surface area contributed by atoms with Gasteiger partial charge in [0.05, 0.1) is 12.6 Å². The van der Waals surface area contributed by atoms with Gasteiger partial charge in [-0.05, 0) is 18.9 Å². The Morgan fingerprint density at radius 2 is 2.00 bits per heavy atom. The van der Waals surface area contributed by atoms with Crippen molar-refractivity contribution in [2.75, 3.05) is 13.7 Å². The van der Waals surface area contributed by atoms with Crippen molar-refractivity contribution in [3.63, 3.8) is 0 Å². The Labute approximate surface area is 139 Å². The predicted octanol–water partition coefficient (Wildman–Crippen LogP) is 0.219. The first kappa shape index (κ1) is 17.7. The summed E-state index contributed by atoms with van der Waals surface area (Å²) in [6.07, 6.45) is 2.00. The zero-order valence-corrected chi connectivity index (χ0v) is 13.7. The Morgan fingerprint density at radius 3 is 2.67 bits per heavy atom. The van der Waals surface area contributed by atoms with Crippen LogP contribution in [0.4, 0.5) is 0 Å². The standard InChI is InChI=1S/C17H21N3O4/c1-12-9-20(17(23)19-16(12)22)10-15(21)18-14(11-24-2)8-13-6-4-3-5-7-13/h3-7,9,14H,8,10-11H2,1-2H3,(H,18,21)(H,19,22,23). The third-order valence-electron chi connectivity index (χ3n) is 3.56. The van der Waals surface area contributed by atoms with Crippen molar-refractivity contribution in [2.45, 2.75) is 25.9 Å². The number of H-pyrrole nitrogens is 1. The number of rotatable bonds is 7. The molecule has 1 aromatic heterocycles. The van der Waals surface area contributed by atoms with Gasteiger partial charge in [-0.2, -0.15) is 0 Å². The minimum absolute atomic E-state index is 0.161. The van der Waals surface area contributed by atoms with E-state index in [0.29, 0.717) is 18.6 Å². The molecule has 2 N–H and O–H groups in total. The highest BCUT2D eigenvalue weighted by molar-refractivity contribution is 5.76. The van der Waals surface area contributed by atoms with E-state index >= 15 is 0 Å². The van der Waals surface area contributed by atoms with Crippen LogP contribution in [0.5, 0.6) is 0 Å². The second-order valence-corrected chi connectivity index (χ2v) is 5.61. The number of aromatic nitrogens is 2. The minimum atomic E-state index is -0.605. The maximum absolute atomic E-state index is 12.2. The molecule has 1 aromatic carbocycles. The van der Waals surface area contributed by atoms with E-state index in [1.54, 1.807) is 14.0 Å². The Bertz CT molecular complexity index is 795. The molecule has 0 spiro atoms. The fourth-order valence-electron chi connectivity index (χ4n) is 2.42. The van der Waals surface area contributed by atoms with E-state index in [-0.39, 0.29) is 18.5 Å². The van der Waals surface area contributed by atoms with Crippen LogP contribution >= 0.6 is 0 Å². The highest BCUT2D eigenvalue weighted by Gasteiger charge is 2.14. The Morgan fingerprint density at radius 1 is 1.29 bits per heavy atom. The normalized spacial score (nSPS) is 11.9. The molecule has 2 aromatic rings. The molecule has 0 saturated heterocycles. The number of nitrogens with one attached hydrogen (secondary N) is 2. The molecule has 7 nitrogen and oxygen atoms in total. The van der Waals surface area contributed by atoms with Gasteiger partial charge in [0.15, 0.2) is 0 Å². The number of amides is 1. The molecule has 128 valence electrons. The molecular formula is C17H21N3O4. The lowest BCUT2D eigenvalue weighted by molar-refractivity contribution is -0.122. The van der Waals surface area contributed by atoms with Crippen molar-refractivity contribution in [1.29, 1.82) is 0 Å². The lowest BCUT2D eigenvalue weighted by Crippen LogP contribution is -2.43. The van der Waals surface area contributed by atoms with E-state index in [2.05, 4.69) is 10.3 Å². The van der Waals surface area contributed by atoms with E-state index in [1.165, 1.54) is 10.8 Å². The molecule has 1 amide bonds. The van der Waals surface area contributed by atoms with Gasteiger partial charge >= 0.3 is 5.69 Å². The van der Waals surface area contributed by atoms with Crippen LogP contribution in [0.15, 0.2) is 46.1 Å². The lowest BCUT2D eigenvalue weighted by atomic mass is 10.1. The topological polar surface area (TPSA) is 93.2 Å². The first-order valence-corrected chi connectivity index (χ1v) is 7.62. The summed E-state index contributed by atoms with van der Waals surface area (Å²) in [6.45, 7) is 1.78. The Balaban J connectivity index is 2.04. The maximum Gasteiger partial charge on any atom is 0.328 e. The number of aryl methyl sites for hydroxylation is 1. The molecule has 0 aliphatic rings. The van der Waals surface area contributed by atoms with E-state index in [9.17, 15) is 14.4 Å². The number of hydrogen-bond donors (Lipinski definition) is 2. The molecule has 1 atom stereocenters. The summed E-state index contributed by atoms with van der Waals surface area (Å²) in [5.41, 5.74) is 0.405. The zero-order valence-electron chi connectivity index (χ0n) is 13.7. The quantitative estimate of drug-likeness (QED) is 0.759. The minimum Gasteiger partial charge on any atom is -0.383 e. The van der Waals surface area contributed by atoms with Crippen LogP contribution in [-0.2, 0) is 22.5 Å². The fourth-order valence-corrected chi connectivity index (χ4v) is 2.42. The molecule has 0 aliphatic heterocycles. The van der Waals surface area contributed by atoms with Gasteiger partial charge in [-0.1, -0.05) is 30.3 Å². The number of nitrogens with zero attached hydrogens (tertiary/aromatic N) is 1. The molecule has 2 rings (SSSR count). The predicted molar refractivity (Wildman–Crippen MR) is 90.0 cm³/mol. The average Bonchev–Trinajstić information content (AvgIpc) is 2.53. The van der Waals surface area contributed by atoms with Gasteiger partial charge in [0.25, 0.3) is 5.56 Å². The van der Waals surface area contributed by atoms with E-state index < -0.39 is 11.2 Å². The van der Waals surface area contributed by atoms with Crippen molar-refractivity contribution >= 4 is 5.91 Å². The first-order chi connectivity index (χ1) is 11.5. The molecule has 1 unspecified atom stereocenters. The summed E-state index contributed by atoms with van der Waals surface area (Å²) in [5, 5.41) is 2.86. The van der Waals surface area contributed by atoms with Gasteiger partial charge in [-0.15, -0.1) is 0 Å². The summed E-state index contributed by atoms with van der Waals surface area (Å²) in [6, 6.07) is 9.55. The molecule has 7 heteroatoms. The van der Waals surface area contributed by atoms with Gasteiger partial charge in [-0.3, -0.25) is 19.1 Å². The molecule has 1 heterocycles.